The van der Waals surface area contributed by atoms with Gasteiger partial charge in [-0.15, -0.1) is 0 Å². The first-order valence-corrected chi connectivity index (χ1v) is 34.0. The number of rotatable bonds is 13. The third kappa shape index (κ3) is 13.7. The SMILES string of the molecule is CCCCC(C(=O)OC(c1cc(C(C)(C)C)c(O)c(C(C)(C)C)c1)(C1CC(C)(C)N(C)C(C)(C)C1)C1CC(C)(C)N(C)C(C)(C)C1)C(=O)OC(c1cc(C(C)(C)C)c(O)c(C(C)(C)C)c1)(C1CC(C)(C)N(C)C(C)(C)C1)C1CC(C)(C)N(C)C(C)(C)C1. The molecule has 0 saturated carbocycles. The van der Waals surface area contributed by atoms with Gasteiger partial charge in [0, 0.05) is 68.0 Å². The van der Waals surface area contributed by atoms with Gasteiger partial charge in [-0.2, -0.15) is 0 Å². The lowest BCUT2D eigenvalue weighted by Crippen LogP contribution is -2.67. The molecule has 2 N–H and O–H groups in total. The standard InChI is InChI=1S/C77H132N4O6/c1-34-35-36-55(62(84)86-76(51-41-68(14,15)78(30)69(16,17)42-51,52-43-70(18,19)79(31)71(20,21)44-52)49-37-56(64(2,3)4)60(82)57(38-49)65(5,6)7)63(85)87-77(53-45-72(22,23)80(32)73(24,25)46-53,54-47-74(26,27)81(33)75(28,29)48-54)50-39-58(66(8,9)10)61(83)59(40-50)67(11,12)13/h37-40,51-55,82-83H,34-36,41-48H2,1-33H3. The molecule has 0 bridgehead atoms. The molecule has 0 radical (unpaired) electrons. The summed E-state index contributed by atoms with van der Waals surface area (Å²) in [7, 11) is 8.97. The Morgan fingerprint density at radius 2 is 0.598 bits per heavy atom. The fraction of sp³-hybridized carbons (Fsp3) is 0.818. The summed E-state index contributed by atoms with van der Waals surface area (Å²) in [5.41, 5.74) is -1.90. The van der Waals surface area contributed by atoms with Crippen molar-refractivity contribution >= 4 is 11.9 Å². The largest absolute Gasteiger partial charge is 0.507 e. The van der Waals surface area contributed by atoms with Crippen LogP contribution in [0, 0.1) is 29.6 Å². The van der Waals surface area contributed by atoms with Crippen molar-refractivity contribution in [2.75, 3.05) is 28.2 Å². The first-order chi connectivity index (χ1) is 38.8. The summed E-state index contributed by atoms with van der Waals surface area (Å²) in [5, 5.41) is 25.3. The number of phenols is 2. The highest BCUT2D eigenvalue weighted by Crippen LogP contribution is 2.62. The Morgan fingerprint density at radius 3 is 0.759 bits per heavy atom. The molecule has 0 aliphatic carbocycles. The normalized spacial score (nSPS) is 23.9. The lowest BCUT2D eigenvalue weighted by atomic mass is 9.56. The van der Waals surface area contributed by atoms with Crippen LogP contribution >= 0.6 is 0 Å². The maximum atomic E-state index is 17.2. The number of carbonyl (C=O) groups excluding carboxylic acids is 2. The highest BCUT2D eigenvalue weighted by atomic mass is 16.6. The fourth-order valence-electron chi connectivity index (χ4n) is 18.0. The van der Waals surface area contributed by atoms with Crippen molar-refractivity contribution in [2.24, 2.45) is 29.6 Å². The third-order valence-corrected chi connectivity index (χ3v) is 24.0. The predicted molar refractivity (Wildman–Crippen MR) is 364 cm³/mol. The minimum Gasteiger partial charge on any atom is -0.507 e. The van der Waals surface area contributed by atoms with Gasteiger partial charge in [0.15, 0.2) is 5.92 Å². The summed E-state index contributed by atoms with van der Waals surface area (Å²) >= 11 is 0. The number of benzene rings is 2. The highest BCUT2D eigenvalue weighted by Gasteiger charge is 2.64. The van der Waals surface area contributed by atoms with Crippen molar-refractivity contribution in [3.63, 3.8) is 0 Å². The Hall–Kier alpha value is -3.18. The molecule has 496 valence electrons. The number of ether oxygens (including phenoxy) is 2. The summed E-state index contributed by atoms with van der Waals surface area (Å²) < 4.78 is 16.2. The molecule has 6 rings (SSSR count). The highest BCUT2D eigenvalue weighted by molar-refractivity contribution is 5.95. The maximum Gasteiger partial charge on any atom is 0.321 e. The van der Waals surface area contributed by atoms with Crippen LogP contribution in [0.25, 0.3) is 0 Å². The summed E-state index contributed by atoms with van der Waals surface area (Å²) in [5.74, 6) is -2.57. The van der Waals surface area contributed by atoms with Gasteiger partial charge in [0.25, 0.3) is 0 Å². The molecule has 87 heavy (non-hydrogen) atoms. The van der Waals surface area contributed by atoms with E-state index in [0.717, 1.165) is 91.2 Å². The quantitative estimate of drug-likeness (QED) is 0.149. The number of hydrogen-bond donors (Lipinski definition) is 2. The summed E-state index contributed by atoms with van der Waals surface area (Å²) in [6, 6.07) is 8.82. The molecule has 0 amide bonds. The topological polar surface area (TPSA) is 106 Å². The van der Waals surface area contributed by atoms with E-state index in [-0.39, 0.29) is 85.9 Å². The molecule has 0 aromatic heterocycles. The van der Waals surface area contributed by atoms with E-state index < -0.39 is 50.7 Å². The van der Waals surface area contributed by atoms with Crippen LogP contribution in [-0.2, 0) is 51.9 Å². The number of esters is 2. The van der Waals surface area contributed by atoms with Crippen LogP contribution < -0.4 is 0 Å². The number of carbonyl (C=O) groups is 2. The van der Waals surface area contributed by atoms with Crippen LogP contribution in [0.2, 0.25) is 0 Å². The van der Waals surface area contributed by atoms with E-state index >= 15 is 9.59 Å². The Kier molecular flexibility index (Phi) is 19.4. The first kappa shape index (κ1) is 72.9. The van der Waals surface area contributed by atoms with Gasteiger partial charge >= 0.3 is 11.9 Å². The monoisotopic (exact) mass is 1210 g/mol. The minimum absolute atomic E-state index is 0.203. The molecular weight excluding hydrogens is 1080 g/mol. The van der Waals surface area contributed by atoms with Crippen LogP contribution in [0.5, 0.6) is 11.5 Å². The van der Waals surface area contributed by atoms with Crippen LogP contribution in [0.4, 0.5) is 0 Å². The average molecular weight is 1210 g/mol. The zero-order valence-corrected chi connectivity index (χ0v) is 62.3. The summed E-state index contributed by atoms with van der Waals surface area (Å²) in [4.78, 5) is 44.5. The Morgan fingerprint density at radius 1 is 0.414 bits per heavy atom. The van der Waals surface area contributed by atoms with E-state index in [4.69, 9.17) is 9.47 Å². The third-order valence-electron chi connectivity index (χ3n) is 24.0. The van der Waals surface area contributed by atoms with Gasteiger partial charge in [-0.25, -0.2) is 0 Å². The second-order valence-corrected chi connectivity index (χ2v) is 38.1. The molecule has 0 unspecified atom stereocenters. The number of nitrogens with zero attached hydrogens (tertiary/aromatic N) is 4. The summed E-state index contributed by atoms with van der Waals surface area (Å²) in [6.45, 7) is 65.6. The van der Waals surface area contributed by atoms with Crippen molar-refractivity contribution in [3.8, 4) is 11.5 Å². The molecule has 10 nitrogen and oxygen atoms in total. The lowest BCUT2D eigenvalue weighted by molar-refractivity contribution is -0.223. The molecule has 2 aromatic rings. The van der Waals surface area contributed by atoms with E-state index in [2.05, 4.69) is 273 Å². The maximum absolute atomic E-state index is 17.2. The Labute approximate surface area is 533 Å². The van der Waals surface area contributed by atoms with Crippen molar-refractivity contribution in [1.82, 2.24) is 19.6 Å². The second-order valence-electron chi connectivity index (χ2n) is 38.1. The zero-order chi connectivity index (χ0) is 67.0. The van der Waals surface area contributed by atoms with Crippen molar-refractivity contribution < 1.29 is 29.3 Å². The van der Waals surface area contributed by atoms with Crippen LogP contribution in [-0.4, -0.2) is 114 Å². The van der Waals surface area contributed by atoms with Gasteiger partial charge in [-0.3, -0.25) is 29.2 Å². The van der Waals surface area contributed by atoms with E-state index in [1.54, 1.807) is 0 Å². The van der Waals surface area contributed by atoms with E-state index in [9.17, 15) is 10.2 Å². The van der Waals surface area contributed by atoms with Gasteiger partial charge in [0.05, 0.1) is 0 Å². The summed E-state index contributed by atoms with van der Waals surface area (Å²) in [6.07, 6.45) is 7.48. The van der Waals surface area contributed by atoms with Gasteiger partial charge in [0.1, 0.15) is 22.7 Å². The number of likely N-dealkylation sites (tertiary alicyclic amines) is 4. The molecular formula is C77H132N4O6. The Bertz CT molecular complexity index is 2420. The van der Waals surface area contributed by atoms with Gasteiger partial charge in [0.2, 0.25) is 0 Å². The molecule has 10 heteroatoms. The Balaban J connectivity index is 1.80. The molecule has 2 aromatic carbocycles. The molecule has 0 spiro atoms. The zero-order valence-electron chi connectivity index (χ0n) is 62.3. The van der Waals surface area contributed by atoms with Gasteiger partial charge in [-0.05, 0) is 276 Å². The number of aromatic hydroxyl groups is 2. The smallest absolute Gasteiger partial charge is 0.321 e. The van der Waals surface area contributed by atoms with E-state index in [1.807, 2.05) is 0 Å². The minimum atomic E-state index is -1.28. The molecule has 0 atom stereocenters. The molecule has 4 saturated heterocycles. The average Bonchev–Trinajstić information content (AvgIpc) is 0.765. The van der Waals surface area contributed by atoms with E-state index in [0.29, 0.717) is 6.42 Å². The number of hydrogen-bond acceptors (Lipinski definition) is 10. The number of piperidine rings is 4. The fourth-order valence-corrected chi connectivity index (χ4v) is 18.0. The van der Waals surface area contributed by atoms with Crippen molar-refractivity contribution in [1.29, 1.82) is 0 Å². The van der Waals surface area contributed by atoms with E-state index in [1.165, 1.54) is 0 Å². The molecule has 4 aliphatic heterocycles. The van der Waals surface area contributed by atoms with Crippen molar-refractivity contribution in [2.45, 2.75) is 349 Å². The second kappa shape index (κ2) is 23.1. The van der Waals surface area contributed by atoms with Gasteiger partial charge < -0.3 is 19.7 Å². The number of phenolic OH excluding ortho intramolecular Hbond substituents is 2. The molecule has 4 fully saturated rings. The van der Waals surface area contributed by atoms with Crippen molar-refractivity contribution in [3.05, 3.63) is 57.6 Å². The number of unbranched alkanes of at least 4 members (excludes halogenated alkanes) is 1. The first-order valence-electron chi connectivity index (χ1n) is 34.0. The molecule has 4 aliphatic rings. The van der Waals surface area contributed by atoms with Crippen LogP contribution in [0.3, 0.4) is 0 Å². The van der Waals surface area contributed by atoms with Crippen LogP contribution in [0.1, 0.15) is 305 Å². The van der Waals surface area contributed by atoms with Gasteiger partial charge in [-0.1, -0.05) is 103 Å². The lowest BCUT2D eigenvalue weighted by Gasteiger charge is -2.62. The van der Waals surface area contributed by atoms with Crippen LogP contribution in [0.15, 0.2) is 24.3 Å². The predicted octanol–water partition coefficient (Wildman–Crippen LogP) is 17.9. The molecule has 4 heterocycles.